The van der Waals surface area contributed by atoms with Crippen LogP contribution in [0, 0.1) is 0 Å². The molecule has 0 spiro atoms. The topological polar surface area (TPSA) is 92.3 Å². The minimum atomic E-state index is -3.34. The molecule has 2 rings (SSSR count). The molecule has 0 bridgehead atoms. The van der Waals surface area contributed by atoms with E-state index in [4.69, 9.17) is 0 Å². The van der Waals surface area contributed by atoms with Gasteiger partial charge >= 0.3 is 0 Å². The second kappa shape index (κ2) is 6.27. The van der Waals surface area contributed by atoms with Crippen molar-refractivity contribution in [3.8, 4) is 0 Å². The average Bonchev–Trinajstić information content (AvgIpc) is 2.45. The fraction of sp³-hybridized carbons (Fsp3) is 0.583. The summed E-state index contributed by atoms with van der Waals surface area (Å²) >= 11 is 0. The number of carbonyl (C=O) groups is 1. The Morgan fingerprint density at radius 1 is 1.55 bits per heavy atom. The molecule has 1 saturated heterocycles. The summed E-state index contributed by atoms with van der Waals surface area (Å²) < 4.78 is 24.2. The molecule has 1 N–H and O–H groups in total. The van der Waals surface area contributed by atoms with Crippen LogP contribution in [0.15, 0.2) is 18.6 Å². The van der Waals surface area contributed by atoms with E-state index in [0.29, 0.717) is 13.1 Å². The van der Waals surface area contributed by atoms with Gasteiger partial charge in [-0.1, -0.05) is 0 Å². The van der Waals surface area contributed by atoms with Gasteiger partial charge < -0.3 is 4.90 Å². The van der Waals surface area contributed by atoms with Gasteiger partial charge in [-0.05, 0) is 18.9 Å². The third kappa shape index (κ3) is 4.24. The third-order valence-corrected chi connectivity index (χ3v) is 3.95. The summed E-state index contributed by atoms with van der Waals surface area (Å²) in [5.41, 5.74) is 0.925. The minimum Gasteiger partial charge on any atom is -0.341 e. The van der Waals surface area contributed by atoms with Gasteiger partial charge in [0.05, 0.1) is 12.8 Å². The Hall–Kier alpha value is -1.54. The number of rotatable bonds is 4. The number of piperidine rings is 1. The van der Waals surface area contributed by atoms with Crippen molar-refractivity contribution < 1.29 is 13.2 Å². The first-order valence-corrected chi connectivity index (χ1v) is 8.33. The van der Waals surface area contributed by atoms with Crippen molar-refractivity contribution >= 4 is 15.9 Å². The summed E-state index contributed by atoms with van der Waals surface area (Å²) in [5, 5.41) is 0. The summed E-state index contributed by atoms with van der Waals surface area (Å²) in [6.07, 6.45) is 6.09. The van der Waals surface area contributed by atoms with Crippen LogP contribution >= 0.6 is 0 Å². The molecule has 20 heavy (non-hydrogen) atoms. The maximum Gasteiger partial charge on any atom is 0.237 e. The van der Waals surface area contributed by atoms with Crippen molar-refractivity contribution in [1.29, 1.82) is 0 Å². The minimum absolute atomic E-state index is 0.185. The lowest BCUT2D eigenvalue weighted by atomic mass is 9.94. The van der Waals surface area contributed by atoms with Crippen LogP contribution in [0.5, 0.6) is 0 Å². The maximum atomic E-state index is 12.0. The molecule has 7 nitrogen and oxygen atoms in total. The van der Waals surface area contributed by atoms with Gasteiger partial charge in [0.15, 0.2) is 0 Å². The number of nitrogens with zero attached hydrogens (tertiary/aromatic N) is 3. The van der Waals surface area contributed by atoms with Crippen molar-refractivity contribution in [1.82, 2.24) is 19.6 Å². The number of amides is 1. The van der Waals surface area contributed by atoms with E-state index in [1.165, 1.54) is 6.33 Å². The van der Waals surface area contributed by atoms with Gasteiger partial charge in [0, 0.05) is 30.9 Å². The number of hydrogen-bond acceptors (Lipinski definition) is 5. The molecule has 1 amide bonds. The molecular weight excluding hydrogens is 280 g/mol. The molecule has 1 aromatic heterocycles. The SMILES string of the molecule is CS(=O)(=O)NCC(=O)N1CCCC(c2ccncn2)C1. The normalized spacial score (nSPS) is 19.9. The summed E-state index contributed by atoms with van der Waals surface area (Å²) in [4.78, 5) is 21.8. The fourth-order valence-corrected chi connectivity index (χ4v) is 2.68. The van der Waals surface area contributed by atoms with E-state index in [2.05, 4.69) is 14.7 Å². The van der Waals surface area contributed by atoms with E-state index in [1.54, 1.807) is 11.1 Å². The second-order valence-corrected chi connectivity index (χ2v) is 6.74. The van der Waals surface area contributed by atoms with Gasteiger partial charge in [-0.2, -0.15) is 0 Å². The Morgan fingerprint density at radius 3 is 3.00 bits per heavy atom. The van der Waals surface area contributed by atoms with E-state index < -0.39 is 10.0 Å². The van der Waals surface area contributed by atoms with Crippen LogP contribution in [0.2, 0.25) is 0 Å². The molecule has 8 heteroatoms. The lowest BCUT2D eigenvalue weighted by molar-refractivity contribution is -0.131. The summed E-state index contributed by atoms with van der Waals surface area (Å²) in [7, 11) is -3.34. The van der Waals surface area contributed by atoms with Gasteiger partial charge in [0.2, 0.25) is 15.9 Å². The number of sulfonamides is 1. The largest absolute Gasteiger partial charge is 0.341 e. The first-order valence-electron chi connectivity index (χ1n) is 6.44. The van der Waals surface area contributed by atoms with Gasteiger partial charge in [-0.15, -0.1) is 0 Å². The van der Waals surface area contributed by atoms with Crippen LogP contribution in [0.4, 0.5) is 0 Å². The Kier molecular flexibility index (Phi) is 4.66. The van der Waals surface area contributed by atoms with Crippen LogP contribution in [-0.2, 0) is 14.8 Å². The molecule has 1 aliphatic rings. The molecular formula is C12H18N4O3S. The van der Waals surface area contributed by atoms with E-state index in [9.17, 15) is 13.2 Å². The zero-order valence-corrected chi connectivity index (χ0v) is 12.1. The Bertz CT molecular complexity index is 561. The highest BCUT2D eigenvalue weighted by Crippen LogP contribution is 2.24. The lowest BCUT2D eigenvalue weighted by Crippen LogP contribution is -2.44. The Balaban J connectivity index is 1.95. The monoisotopic (exact) mass is 298 g/mol. The molecule has 1 atom stereocenters. The summed E-state index contributed by atoms with van der Waals surface area (Å²) in [6.45, 7) is 1.04. The molecule has 0 saturated carbocycles. The van der Waals surface area contributed by atoms with Crippen molar-refractivity contribution in [3.63, 3.8) is 0 Å². The zero-order valence-electron chi connectivity index (χ0n) is 11.3. The lowest BCUT2D eigenvalue weighted by Gasteiger charge is -2.32. The third-order valence-electron chi connectivity index (χ3n) is 3.28. The molecule has 110 valence electrons. The summed E-state index contributed by atoms with van der Waals surface area (Å²) in [6, 6.07) is 1.85. The van der Waals surface area contributed by atoms with Crippen molar-refractivity contribution in [3.05, 3.63) is 24.3 Å². The van der Waals surface area contributed by atoms with Crippen LogP contribution in [0.3, 0.4) is 0 Å². The Morgan fingerprint density at radius 2 is 2.35 bits per heavy atom. The molecule has 1 fully saturated rings. The van der Waals surface area contributed by atoms with Crippen molar-refractivity contribution in [2.75, 3.05) is 25.9 Å². The fourth-order valence-electron chi connectivity index (χ4n) is 2.29. The number of hydrogen-bond donors (Lipinski definition) is 1. The van der Waals surface area contributed by atoms with Crippen LogP contribution in [0.1, 0.15) is 24.5 Å². The smallest absolute Gasteiger partial charge is 0.237 e. The van der Waals surface area contributed by atoms with Gasteiger partial charge in [0.25, 0.3) is 0 Å². The predicted molar refractivity (Wildman–Crippen MR) is 73.4 cm³/mol. The number of likely N-dealkylation sites (tertiary alicyclic amines) is 1. The Labute approximate surface area is 118 Å². The van der Waals surface area contributed by atoms with Gasteiger partial charge in [0.1, 0.15) is 6.33 Å². The van der Waals surface area contributed by atoms with Crippen LogP contribution in [0.25, 0.3) is 0 Å². The highest BCUT2D eigenvalue weighted by molar-refractivity contribution is 7.88. The zero-order chi connectivity index (χ0) is 14.6. The van der Waals surface area contributed by atoms with Crippen LogP contribution < -0.4 is 4.72 Å². The molecule has 1 aliphatic heterocycles. The number of carbonyl (C=O) groups excluding carboxylic acids is 1. The first-order chi connectivity index (χ1) is 9.46. The van der Waals surface area contributed by atoms with Gasteiger partial charge in [-0.3, -0.25) is 4.79 Å². The van der Waals surface area contributed by atoms with Crippen molar-refractivity contribution in [2.24, 2.45) is 0 Å². The van der Waals surface area contributed by atoms with E-state index in [-0.39, 0.29) is 18.4 Å². The molecule has 1 aromatic rings. The van der Waals surface area contributed by atoms with Gasteiger partial charge in [-0.25, -0.2) is 23.1 Å². The molecule has 0 aromatic carbocycles. The number of aromatic nitrogens is 2. The standard InChI is InChI=1S/C12H18N4O3S/c1-20(18,19)15-7-12(17)16-6-2-3-10(8-16)11-4-5-13-9-14-11/h4-5,9-10,15H,2-3,6-8H2,1H3. The molecule has 1 unspecified atom stereocenters. The van der Waals surface area contributed by atoms with Crippen LogP contribution in [-0.4, -0.2) is 55.1 Å². The van der Waals surface area contributed by atoms with E-state index in [1.807, 2.05) is 6.07 Å². The quantitative estimate of drug-likeness (QED) is 0.826. The maximum absolute atomic E-state index is 12.0. The molecule has 0 radical (unpaired) electrons. The highest BCUT2D eigenvalue weighted by Gasteiger charge is 2.25. The number of nitrogens with one attached hydrogen (secondary N) is 1. The second-order valence-electron chi connectivity index (χ2n) is 4.91. The first kappa shape index (κ1) is 14.9. The molecule has 2 heterocycles. The summed E-state index contributed by atoms with van der Waals surface area (Å²) in [5.74, 6) is -0.0110. The predicted octanol–water partition coefficient (Wildman–Crippen LogP) is -0.268. The van der Waals surface area contributed by atoms with E-state index in [0.717, 1.165) is 24.8 Å². The molecule has 0 aliphatic carbocycles. The van der Waals surface area contributed by atoms with Crippen molar-refractivity contribution in [2.45, 2.75) is 18.8 Å². The average molecular weight is 298 g/mol. The highest BCUT2D eigenvalue weighted by atomic mass is 32.2. The van der Waals surface area contributed by atoms with E-state index >= 15 is 0 Å².